The van der Waals surface area contributed by atoms with Gasteiger partial charge in [-0.25, -0.2) is 9.97 Å². The van der Waals surface area contributed by atoms with Crippen LogP contribution in [0.4, 0.5) is 11.4 Å². The van der Waals surface area contributed by atoms with Crippen molar-refractivity contribution >= 4 is 45.0 Å². The van der Waals surface area contributed by atoms with Crippen LogP contribution in [0.15, 0.2) is 54.6 Å². The molecule has 1 aliphatic heterocycles. The van der Waals surface area contributed by atoms with E-state index in [1.54, 1.807) is 0 Å². The van der Waals surface area contributed by atoms with Crippen molar-refractivity contribution in [2.45, 2.75) is 18.9 Å². The van der Waals surface area contributed by atoms with Gasteiger partial charge >= 0.3 is 0 Å². The maximum Gasteiger partial charge on any atom is 0.0995 e. The normalized spacial score (nSPS) is 15.1. The molecule has 1 saturated heterocycles. The van der Waals surface area contributed by atoms with Gasteiger partial charge in [0.2, 0.25) is 0 Å². The van der Waals surface area contributed by atoms with Gasteiger partial charge < -0.3 is 16.4 Å². The van der Waals surface area contributed by atoms with Crippen molar-refractivity contribution in [3.63, 3.8) is 0 Å². The summed E-state index contributed by atoms with van der Waals surface area (Å²) >= 11 is 6.12. The van der Waals surface area contributed by atoms with Crippen LogP contribution in [0.3, 0.4) is 0 Å². The van der Waals surface area contributed by atoms with Crippen molar-refractivity contribution in [1.29, 1.82) is 0 Å². The maximum absolute atomic E-state index is 6.70. The predicted octanol–water partition coefficient (Wildman–Crippen LogP) is 4.85. The van der Waals surface area contributed by atoms with Crippen LogP contribution in [0.5, 0.6) is 0 Å². The number of nitrogens with two attached hydrogens (primary N) is 1. The van der Waals surface area contributed by atoms with Crippen LogP contribution < -0.4 is 16.4 Å². The summed E-state index contributed by atoms with van der Waals surface area (Å²) in [6, 6.07) is 18.1. The minimum absolute atomic E-state index is 0.391. The highest BCUT2D eigenvalue weighted by Crippen LogP contribution is 2.39. The van der Waals surface area contributed by atoms with E-state index in [-0.39, 0.29) is 0 Å². The average molecular weight is 404 g/mol. The van der Waals surface area contributed by atoms with Gasteiger partial charge in [0.05, 0.1) is 33.4 Å². The van der Waals surface area contributed by atoms with Crippen molar-refractivity contribution < 1.29 is 0 Å². The molecule has 5 rings (SSSR count). The summed E-state index contributed by atoms with van der Waals surface area (Å²) in [5.74, 6) is 0. The van der Waals surface area contributed by atoms with Crippen LogP contribution in [0.1, 0.15) is 12.8 Å². The molecule has 3 aromatic carbocycles. The minimum Gasteiger partial charge on any atom is -0.396 e. The number of hydrogen-bond acceptors (Lipinski definition) is 5. The number of rotatable bonds is 3. The average Bonchev–Trinajstić information content (AvgIpc) is 2.75. The van der Waals surface area contributed by atoms with E-state index in [2.05, 4.69) is 10.6 Å². The van der Waals surface area contributed by atoms with Gasteiger partial charge in [0.1, 0.15) is 0 Å². The molecule has 2 heterocycles. The number of nitrogen functional groups attached to an aromatic ring is 1. The molecular weight excluding hydrogens is 382 g/mol. The molecule has 6 heteroatoms. The molecule has 4 aromatic rings. The zero-order valence-corrected chi connectivity index (χ0v) is 16.7. The van der Waals surface area contributed by atoms with Crippen LogP contribution in [0.25, 0.3) is 33.2 Å². The molecule has 5 nitrogen and oxygen atoms in total. The summed E-state index contributed by atoms with van der Waals surface area (Å²) < 4.78 is 0. The summed E-state index contributed by atoms with van der Waals surface area (Å²) in [5, 5.41) is 7.75. The third kappa shape index (κ3) is 3.48. The van der Waals surface area contributed by atoms with Gasteiger partial charge in [0.25, 0.3) is 0 Å². The largest absolute Gasteiger partial charge is 0.396 e. The van der Waals surface area contributed by atoms with Gasteiger partial charge in [0.15, 0.2) is 0 Å². The molecule has 4 N–H and O–H groups in total. The maximum atomic E-state index is 6.70. The van der Waals surface area contributed by atoms with E-state index in [9.17, 15) is 0 Å². The fourth-order valence-electron chi connectivity index (χ4n) is 3.99. The molecule has 0 saturated carbocycles. The highest BCUT2D eigenvalue weighted by Gasteiger charge is 2.19. The number of piperidine rings is 1. The third-order valence-corrected chi connectivity index (χ3v) is 5.76. The van der Waals surface area contributed by atoms with E-state index >= 15 is 0 Å². The molecule has 0 spiro atoms. The Hall–Kier alpha value is -2.89. The summed E-state index contributed by atoms with van der Waals surface area (Å²) in [6.07, 6.45) is 2.13. The number of nitrogens with zero attached hydrogens (tertiary/aromatic N) is 2. The molecule has 1 aromatic heterocycles. The predicted molar refractivity (Wildman–Crippen MR) is 121 cm³/mol. The fraction of sp³-hybridized carbons (Fsp3) is 0.217. The number of aromatic nitrogens is 2. The number of para-hydroxylation sites is 2. The Morgan fingerprint density at radius 3 is 2.34 bits per heavy atom. The van der Waals surface area contributed by atoms with Crippen LogP contribution in [0.2, 0.25) is 5.02 Å². The molecular formula is C23H22ClN5. The Bertz CT molecular complexity index is 1180. The zero-order valence-electron chi connectivity index (χ0n) is 16.0. The first-order valence-corrected chi connectivity index (χ1v) is 10.3. The summed E-state index contributed by atoms with van der Waals surface area (Å²) in [5.41, 5.74) is 13.6. The lowest BCUT2D eigenvalue weighted by molar-refractivity contribution is 0.479. The molecule has 0 bridgehead atoms. The first-order chi connectivity index (χ1) is 14.2. The standard InChI is InChI=1S/C23H22ClN5/c24-15-7-5-14(6-8-15)21-22(25)19(27-16-9-11-26-12-10-16)13-20-23(21)29-18-4-2-1-3-17(18)28-20/h1-8,13,16,26-27H,9-12,25H2. The van der Waals surface area contributed by atoms with E-state index in [4.69, 9.17) is 27.3 Å². The monoisotopic (exact) mass is 403 g/mol. The van der Waals surface area contributed by atoms with E-state index in [1.807, 2.05) is 54.6 Å². The molecule has 0 unspecified atom stereocenters. The molecule has 0 aliphatic carbocycles. The fourth-order valence-corrected chi connectivity index (χ4v) is 4.12. The van der Waals surface area contributed by atoms with E-state index < -0.39 is 0 Å². The highest BCUT2D eigenvalue weighted by molar-refractivity contribution is 6.30. The highest BCUT2D eigenvalue weighted by atomic mass is 35.5. The first-order valence-electron chi connectivity index (χ1n) is 9.91. The van der Waals surface area contributed by atoms with Gasteiger partial charge in [-0.3, -0.25) is 0 Å². The number of anilines is 2. The topological polar surface area (TPSA) is 75.9 Å². The molecule has 0 atom stereocenters. The number of fused-ring (bicyclic) bond motifs is 2. The number of halogens is 1. The molecule has 0 radical (unpaired) electrons. The Morgan fingerprint density at radius 1 is 0.931 bits per heavy atom. The number of nitrogens with one attached hydrogen (secondary N) is 2. The van der Waals surface area contributed by atoms with E-state index in [0.29, 0.717) is 16.8 Å². The number of hydrogen-bond donors (Lipinski definition) is 3. The minimum atomic E-state index is 0.391. The van der Waals surface area contributed by atoms with Crippen molar-refractivity contribution in [3.8, 4) is 11.1 Å². The quantitative estimate of drug-likeness (QED) is 0.337. The van der Waals surface area contributed by atoms with Crippen molar-refractivity contribution in [2.75, 3.05) is 24.1 Å². The molecule has 1 aliphatic rings. The van der Waals surface area contributed by atoms with Crippen LogP contribution in [0, 0.1) is 0 Å². The van der Waals surface area contributed by atoms with Crippen molar-refractivity contribution in [1.82, 2.24) is 15.3 Å². The molecule has 29 heavy (non-hydrogen) atoms. The molecule has 1 fully saturated rings. The van der Waals surface area contributed by atoms with Gasteiger partial charge in [-0.15, -0.1) is 0 Å². The Labute approximate surface area is 174 Å². The Morgan fingerprint density at radius 2 is 1.62 bits per heavy atom. The SMILES string of the molecule is Nc1c(NC2CCNCC2)cc2nc3ccccc3nc2c1-c1ccc(Cl)cc1. The van der Waals surface area contributed by atoms with Crippen LogP contribution in [-0.4, -0.2) is 29.1 Å². The summed E-state index contributed by atoms with van der Waals surface area (Å²) in [4.78, 5) is 9.79. The van der Waals surface area contributed by atoms with Crippen LogP contribution >= 0.6 is 11.6 Å². The lowest BCUT2D eigenvalue weighted by atomic mass is 9.99. The summed E-state index contributed by atoms with van der Waals surface area (Å²) in [6.45, 7) is 2.03. The van der Waals surface area contributed by atoms with Gasteiger partial charge in [-0.2, -0.15) is 0 Å². The second kappa shape index (κ2) is 7.50. The van der Waals surface area contributed by atoms with Gasteiger partial charge in [-0.1, -0.05) is 35.9 Å². The Balaban J connectivity index is 1.74. The van der Waals surface area contributed by atoms with E-state index in [1.165, 1.54) is 0 Å². The summed E-state index contributed by atoms with van der Waals surface area (Å²) in [7, 11) is 0. The van der Waals surface area contributed by atoms with Gasteiger partial charge in [0, 0.05) is 16.6 Å². The lowest BCUT2D eigenvalue weighted by Crippen LogP contribution is -2.35. The zero-order chi connectivity index (χ0) is 19.8. The molecule has 146 valence electrons. The van der Waals surface area contributed by atoms with Crippen molar-refractivity contribution in [2.24, 2.45) is 0 Å². The third-order valence-electron chi connectivity index (χ3n) is 5.51. The first kappa shape index (κ1) is 18.2. The molecule has 0 amide bonds. The second-order valence-electron chi connectivity index (χ2n) is 7.47. The smallest absolute Gasteiger partial charge is 0.0995 e. The lowest BCUT2D eigenvalue weighted by Gasteiger charge is -2.26. The van der Waals surface area contributed by atoms with Crippen LogP contribution in [-0.2, 0) is 0 Å². The van der Waals surface area contributed by atoms with E-state index in [0.717, 1.165) is 64.8 Å². The van der Waals surface area contributed by atoms with Crippen molar-refractivity contribution in [3.05, 3.63) is 59.6 Å². The second-order valence-corrected chi connectivity index (χ2v) is 7.90. The number of benzene rings is 3. The van der Waals surface area contributed by atoms with Gasteiger partial charge in [-0.05, 0) is 61.8 Å². The Kier molecular flexibility index (Phi) is 4.70.